The fraction of sp³-hybridized carbons (Fsp3) is 0.667. The Hall–Kier alpha value is -0.540. The highest BCUT2D eigenvalue weighted by atomic mass is 35.5. The lowest BCUT2D eigenvalue weighted by Gasteiger charge is -2.10. The zero-order chi connectivity index (χ0) is 10.3. The van der Waals surface area contributed by atoms with E-state index in [2.05, 4.69) is 5.32 Å². The summed E-state index contributed by atoms with van der Waals surface area (Å²) >= 11 is 5.47. The minimum absolute atomic E-state index is 0.139. The Morgan fingerprint density at radius 2 is 2.15 bits per heavy atom. The van der Waals surface area contributed by atoms with Crippen LogP contribution in [0.3, 0.4) is 0 Å². The van der Waals surface area contributed by atoms with E-state index in [9.17, 15) is 4.79 Å². The number of nitrogens with one attached hydrogen (secondary N) is 1. The predicted molar refractivity (Wildman–Crippen MR) is 55.8 cm³/mol. The standard InChI is InChI=1S/C9H17ClN2O/c1-8(6-10)7-11-5-4-9(13)12(2)3/h6,11H,4-5,7H2,1-3H3. The summed E-state index contributed by atoms with van der Waals surface area (Å²) in [4.78, 5) is 12.7. The molecule has 0 aliphatic heterocycles. The Balaban J connectivity index is 3.41. The van der Waals surface area contributed by atoms with E-state index in [4.69, 9.17) is 11.6 Å². The topological polar surface area (TPSA) is 32.3 Å². The van der Waals surface area contributed by atoms with Gasteiger partial charge in [-0.25, -0.2) is 0 Å². The summed E-state index contributed by atoms with van der Waals surface area (Å²) in [6, 6.07) is 0. The van der Waals surface area contributed by atoms with Gasteiger partial charge in [0.15, 0.2) is 0 Å². The van der Waals surface area contributed by atoms with Crippen molar-refractivity contribution in [3.8, 4) is 0 Å². The summed E-state index contributed by atoms with van der Waals surface area (Å²) < 4.78 is 0. The van der Waals surface area contributed by atoms with E-state index in [0.717, 1.165) is 12.1 Å². The number of halogens is 1. The van der Waals surface area contributed by atoms with E-state index in [1.54, 1.807) is 24.5 Å². The molecule has 0 aromatic carbocycles. The molecule has 0 heterocycles. The van der Waals surface area contributed by atoms with Gasteiger partial charge in [-0.2, -0.15) is 0 Å². The molecule has 76 valence electrons. The average molecular weight is 205 g/mol. The van der Waals surface area contributed by atoms with Crippen LogP contribution in [0.1, 0.15) is 13.3 Å². The molecule has 0 rings (SSSR count). The summed E-state index contributed by atoms with van der Waals surface area (Å²) in [6.07, 6.45) is 0.530. The maximum Gasteiger partial charge on any atom is 0.223 e. The quantitative estimate of drug-likeness (QED) is 0.683. The first-order valence-electron chi connectivity index (χ1n) is 4.24. The largest absolute Gasteiger partial charge is 0.349 e. The van der Waals surface area contributed by atoms with Crippen LogP contribution >= 0.6 is 11.6 Å². The Morgan fingerprint density at radius 3 is 2.62 bits per heavy atom. The molecule has 0 bridgehead atoms. The number of carbonyl (C=O) groups excluding carboxylic acids is 1. The monoisotopic (exact) mass is 204 g/mol. The molecule has 0 saturated carbocycles. The molecule has 0 aliphatic rings. The van der Waals surface area contributed by atoms with Crippen LogP contribution in [0.5, 0.6) is 0 Å². The normalized spacial score (nSPS) is 11.5. The van der Waals surface area contributed by atoms with Crippen LogP contribution in [0, 0.1) is 0 Å². The van der Waals surface area contributed by atoms with Crippen LogP contribution in [0.4, 0.5) is 0 Å². The molecule has 0 atom stereocenters. The Labute approximate surface area is 84.7 Å². The van der Waals surface area contributed by atoms with Crippen molar-refractivity contribution in [2.75, 3.05) is 27.2 Å². The first kappa shape index (κ1) is 12.5. The van der Waals surface area contributed by atoms with Crippen molar-refractivity contribution in [3.63, 3.8) is 0 Å². The molecule has 0 radical (unpaired) electrons. The maximum atomic E-state index is 11.1. The number of nitrogens with zero attached hydrogens (tertiary/aromatic N) is 1. The highest BCUT2D eigenvalue weighted by Crippen LogP contribution is 1.92. The van der Waals surface area contributed by atoms with Gasteiger partial charge < -0.3 is 10.2 Å². The van der Waals surface area contributed by atoms with Crippen molar-refractivity contribution in [2.45, 2.75) is 13.3 Å². The number of hydrogen-bond acceptors (Lipinski definition) is 2. The van der Waals surface area contributed by atoms with Crippen LogP contribution in [0.15, 0.2) is 11.1 Å². The lowest BCUT2D eigenvalue weighted by Crippen LogP contribution is -2.27. The summed E-state index contributed by atoms with van der Waals surface area (Å²) in [5, 5.41) is 3.12. The van der Waals surface area contributed by atoms with E-state index in [-0.39, 0.29) is 5.91 Å². The van der Waals surface area contributed by atoms with Crippen molar-refractivity contribution in [2.24, 2.45) is 0 Å². The average Bonchev–Trinajstić information content (AvgIpc) is 2.11. The van der Waals surface area contributed by atoms with Crippen molar-refractivity contribution in [3.05, 3.63) is 11.1 Å². The second kappa shape index (κ2) is 6.92. The van der Waals surface area contributed by atoms with Gasteiger partial charge >= 0.3 is 0 Å². The van der Waals surface area contributed by atoms with Crippen LogP contribution in [0.25, 0.3) is 0 Å². The minimum Gasteiger partial charge on any atom is -0.349 e. The van der Waals surface area contributed by atoms with Crippen LogP contribution < -0.4 is 5.32 Å². The molecule has 0 aliphatic carbocycles. The van der Waals surface area contributed by atoms with Gasteiger partial charge in [-0.3, -0.25) is 4.79 Å². The lowest BCUT2D eigenvalue weighted by atomic mass is 10.3. The van der Waals surface area contributed by atoms with Crippen LogP contribution in [-0.4, -0.2) is 38.0 Å². The maximum absolute atomic E-state index is 11.1. The molecule has 0 spiro atoms. The Bertz CT molecular complexity index is 190. The molecule has 0 aromatic rings. The molecule has 1 amide bonds. The third-order valence-corrected chi connectivity index (χ3v) is 1.98. The fourth-order valence-corrected chi connectivity index (χ4v) is 0.820. The first-order valence-corrected chi connectivity index (χ1v) is 4.68. The van der Waals surface area contributed by atoms with Crippen LogP contribution in [0.2, 0.25) is 0 Å². The lowest BCUT2D eigenvalue weighted by molar-refractivity contribution is -0.128. The van der Waals surface area contributed by atoms with Crippen molar-refractivity contribution in [1.82, 2.24) is 10.2 Å². The molecule has 1 N–H and O–H groups in total. The van der Waals surface area contributed by atoms with E-state index >= 15 is 0 Å². The summed E-state index contributed by atoms with van der Waals surface area (Å²) in [5.41, 5.74) is 2.61. The molecule has 0 aromatic heterocycles. The Morgan fingerprint density at radius 1 is 1.54 bits per heavy atom. The molecular weight excluding hydrogens is 188 g/mol. The van der Waals surface area contributed by atoms with Gasteiger partial charge in [0.2, 0.25) is 5.91 Å². The van der Waals surface area contributed by atoms with Gasteiger partial charge in [-0.1, -0.05) is 11.6 Å². The third kappa shape index (κ3) is 6.61. The van der Waals surface area contributed by atoms with Crippen LogP contribution in [-0.2, 0) is 4.79 Å². The molecule has 3 nitrogen and oxygen atoms in total. The van der Waals surface area contributed by atoms with Gasteiger partial charge in [0.05, 0.1) is 0 Å². The van der Waals surface area contributed by atoms with E-state index in [0.29, 0.717) is 13.0 Å². The van der Waals surface area contributed by atoms with Crippen molar-refractivity contribution >= 4 is 17.5 Å². The van der Waals surface area contributed by atoms with Gasteiger partial charge in [0.1, 0.15) is 0 Å². The summed E-state index contributed by atoms with van der Waals surface area (Å²) in [6.45, 7) is 3.37. The zero-order valence-corrected chi connectivity index (χ0v) is 9.19. The molecule has 0 unspecified atom stereocenters. The smallest absolute Gasteiger partial charge is 0.223 e. The summed E-state index contributed by atoms with van der Waals surface area (Å²) in [5.74, 6) is 0.139. The number of carbonyl (C=O) groups is 1. The minimum atomic E-state index is 0.139. The van der Waals surface area contributed by atoms with Gasteiger partial charge in [0.25, 0.3) is 0 Å². The van der Waals surface area contributed by atoms with Gasteiger partial charge in [-0.05, 0) is 12.5 Å². The molecule has 4 heteroatoms. The predicted octanol–water partition coefficient (Wildman–Crippen LogP) is 1.20. The number of hydrogen-bond donors (Lipinski definition) is 1. The van der Waals surface area contributed by atoms with Gasteiger partial charge in [-0.15, -0.1) is 0 Å². The Kier molecular flexibility index (Phi) is 6.63. The third-order valence-electron chi connectivity index (χ3n) is 1.60. The van der Waals surface area contributed by atoms with E-state index in [1.807, 2.05) is 6.92 Å². The highest BCUT2D eigenvalue weighted by molar-refractivity contribution is 6.25. The summed E-state index contributed by atoms with van der Waals surface area (Å²) in [7, 11) is 3.51. The second-order valence-corrected chi connectivity index (χ2v) is 3.39. The fourth-order valence-electron chi connectivity index (χ4n) is 0.743. The molecule has 0 saturated heterocycles. The molecular formula is C9H17ClN2O. The SMILES string of the molecule is CC(=CCl)CNCCC(=O)N(C)C. The van der Waals surface area contributed by atoms with Crippen molar-refractivity contribution < 1.29 is 4.79 Å². The molecule has 0 fully saturated rings. The first-order chi connectivity index (χ1) is 6.07. The van der Waals surface area contributed by atoms with Gasteiger partial charge in [0, 0.05) is 39.1 Å². The highest BCUT2D eigenvalue weighted by Gasteiger charge is 2.01. The van der Waals surface area contributed by atoms with Crippen molar-refractivity contribution in [1.29, 1.82) is 0 Å². The number of rotatable bonds is 5. The number of amides is 1. The second-order valence-electron chi connectivity index (χ2n) is 3.17. The van der Waals surface area contributed by atoms with E-state index in [1.165, 1.54) is 0 Å². The molecule has 13 heavy (non-hydrogen) atoms. The zero-order valence-electron chi connectivity index (χ0n) is 8.43. The van der Waals surface area contributed by atoms with E-state index < -0.39 is 0 Å².